The van der Waals surface area contributed by atoms with E-state index in [9.17, 15) is 14.9 Å². The number of rotatable bonds is 7. The van der Waals surface area contributed by atoms with Gasteiger partial charge in [-0.25, -0.2) is 4.79 Å². The fraction of sp³-hybridized carbons (Fsp3) is 0.176. The Morgan fingerprint density at radius 3 is 2.46 bits per heavy atom. The molecule has 0 saturated heterocycles. The van der Waals surface area contributed by atoms with Crippen molar-refractivity contribution in [1.29, 1.82) is 0 Å². The first-order valence-corrected chi connectivity index (χ1v) is 7.26. The molecule has 0 aliphatic rings. The van der Waals surface area contributed by atoms with Crippen molar-refractivity contribution in [2.45, 2.75) is 19.4 Å². The second kappa shape index (κ2) is 8.42. The van der Waals surface area contributed by atoms with Gasteiger partial charge in [-0.2, -0.15) is 0 Å². The van der Waals surface area contributed by atoms with Crippen LogP contribution < -0.4 is 0 Å². The molecule has 0 fully saturated rings. The molecule has 2 aromatic carbocycles. The number of aryl methyl sites for hydroxylation is 1. The van der Waals surface area contributed by atoms with Crippen molar-refractivity contribution in [1.82, 2.24) is 0 Å². The molecule has 0 amide bonds. The summed E-state index contributed by atoms with van der Waals surface area (Å²) in [6.07, 6.45) is 0.228. The molecule has 0 atom stereocenters. The fourth-order valence-corrected chi connectivity index (χ4v) is 2.15. The lowest BCUT2D eigenvalue weighted by atomic mass is 10.1. The van der Waals surface area contributed by atoms with Crippen molar-refractivity contribution in [2.24, 2.45) is 5.16 Å². The molecule has 0 aliphatic carbocycles. The number of hydrogen-bond acceptors (Lipinski definition) is 6. The maximum Gasteiger partial charge on any atom is 0.356 e. The Morgan fingerprint density at radius 1 is 1.12 bits per heavy atom. The third kappa shape index (κ3) is 4.64. The van der Waals surface area contributed by atoms with Crippen molar-refractivity contribution in [2.75, 3.05) is 0 Å². The normalized spacial score (nSPS) is 11.1. The molecule has 1 N–H and O–H groups in total. The van der Waals surface area contributed by atoms with Gasteiger partial charge in [-0.15, -0.1) is 0 Å². The molecule has 124 valence electrons. The summed E-state index contributed by atoms with van der Waals surface area (Å²) >= 11 is 0. The lowest BCUT2D eigenvalue weighted by Gasteiger charge is -2.07. The van der Waals surface area contributed by atoms with Crippen molar-refractivity contribution in [3.05, 3.63) is 75.8 Å². The minimum absolute atomic E-state index is 0.0348. The van der Waals surface area contributed by atoms with Gasteiger partial charge in [-0.1, -0.05) is 53.7 Å². The van der Waals surface area contributed by atoms with E-state index >= 15 is 0 Å². The number of carbonyl (C=O) groups is 1. The van der Waals surface area contributed by atoms with Gasteiger partial charge >= 0.3 is 5.97 Å². The highest BCUT2D eigenvalue weighted by molar-refractivity contribution is 6.36. The molecule has 2 rings (SSSR count). The zero-order valence-corrected chi connectivity index (χ0v) is 12.8. The minimum Gasteiger partial charge on any atom is -0.456 e. The molecule has 7 heteroatoms. The number of para-hydroxylation sites is 1. The van der Waals surface area contributed by atoms with Gasteiger partial charge in [0.25, 0.3) is 5.69 Å². The number of nitro benzene ring substituents is 1. The molecule has 2 aromatic rings. The predicted molar refractivity (Wildman–Crippen MR) is 86.9 cm³/mol. The van der Waals surface area contributed by atoms with Crippen molar-refractivity contribution >= 4 is 17.4 Å². The Balaban J connectivity index is 1.95. The van der Waals surface area contributed by atoms with E-state index in [1.807, 2.05) is 18.2 Å². The third-order valence-electron chi connectivity index (χ3n) is 3.39. The van der Waals surface area contributed by atoms with Crippen LogP contribution in [0.4, 0.5) is 5.69 Å². The second-order valence-corrected chi connectivity index (χ2v) is 4.99. The van der Waals surface area contributed by atoms with Crippen LogP contribution in [0.3, 0.4) is 0 Å². The van der Waals surface area contributed by atoms with Gasteiger partial charge in [0.1, 0.15) is 6.61 Å². The van der Waals surface area contributed by atoms with Crippen LogP contribution in [-0.4, -0.2) is 21.8 Å². The Kier molecular flexibility index (Phi) is 6.01. The number of hydrogen-bond donors (Lipinski definition) is 1. The summed E-state index contributed by atoms with van der Waals surface area (Å²) in [5.74, 6) is -0.750. The summed E-state index contributed by atoms with van der Waals surface area (Å²) in [5.41, 5.74) is 1.05. The maximum absolute atomic E-state index is 11.9. The quantitative estimate of drug-likeness (QED) is 0.277. The smallest absolute Gasteiger partial charge is 0.356 e. The number of ether oxygens (including phenoxy) is 1. The first-order chi connectivity index (χ1) is 11.6. The van der Waals surface area contributed by atoms with E-state index in [1.165, 1.54) is 6.07 Å². The highest BCUT2D eigenvalue weighted by atomic mass is 16.6. The second-order valence-electron chi connectivity index (χ2n) is 4.99. The molecule has 24 heavy (non-hydrogen) atoms. The molecular weight excluding hydrogens is 312 g/mol. The van der Waals surface area contributed by atoms with E-state index in [1.54, 1.807) is 30.3 Å². The number of oxime groups is 1. The van der Waals surface area contributed by atoms with Crippen LogP contribution in [0.1, 0.15) is 17.5 Å². The van der Waals surface area contributed by atoms with Gasteiger partial charge in [0.15, 0.2) is 5.71 Å². The Hall–Kier alpha value is -3.22. The van der Waals surface area contributed by atoms with E-state index in [2.05, 4.69) is 5.16 Å². The lowest BCUT2D eigenvalue weighted by molar-refractivity contribution is -0.385. The number of benzene rings is 2. The summed E-state index contributed by atoms with van der Waals surface area (Å²) in [5, 5.41) is 22.9. The van der Waals surface area contributed by atoms with Crippen molar-refractivity contribution in [3.63, 3.8) is 0 Å². The van der Waals surface area contributed by atoms with Gasteiger partial charge in [-0.05, 0) is 12.0 Å². The van der Waals surface area contributed by atoms with Gasteiger partial charge in [0, 0.05) is 18.1 Å². The number of esters is 1. The molecular formula is C17H16N2O5. The van der Waals surface area contributed by atoms with E-state index in [4.69, 9.17) is 9.94 Å². The van der Waals surface area contributed by atoms with Crippen LogP contribution in [0.2, 0.25) is 0 Å². The van der Waals surface area contributed by atoms with Crippen LogP contribution in [0.15, 0.2) is 59.8 Å². The highest BCUT2D eigenvalue weighted by Gasteiger charge is 2.18. The standard InChI is InChI=1S/C17H16N2O5/c20-17(24-12-13-6-2-1-3-7-13)15(18-21)11-10-14-8-4-5-9-16(14)19(22)23/h1-9,21H,10-12H2/b18-15+. The molecule has 0 spiro atoms. The zero-order valence-electron chi connectivity index (χ0n) is 12.8. The van der Waals surface area contributed by atoms with Crippen LogP contribution in [-0.2, 0) is 22.6 Å². The van der Waals surface area contributed by atoms with Crippen LogP contribution in [0.25, 0.3) is 0 Å². The Bertz CT molecular complexity index is 744. The molecule has 0 heterocycles. The summed E-state index contributed by atoms with van der Waals surface area (Å²) in [6, 6.07) is 15.3. The largest absolute Gasteiger partial charge is 0.456 e. The first kappa shape index (κ1) is 17.1. The first-order valence-electron chi connectivity index (χ1n) is 7.26. The molecule has 0 saturated carbocycles. The molecule has 0 bridgehead atoms. The number of carbonyl (C=O) groups excluding carboxylic acids is 1. The van der Waals surface area contributed by atoms with Crippen LogP contribution in [0.5, 0.6) is 0 Å². The monoisotopic (exact) mass is 328 g/mol. The highest BCUT2D eigenvalue weighted by Crippen LogP contribution is 2.19. The average molecular weight is 328 g/mol. The van der Waals surface area contributed by atoms with Gasteiger partial charge < -0.3 is 9.94 Å². The summed E-state index contributed by atoms with van der Waals surface area (Å²) in [6.45, 7) is 0.0597. The SMILES string of the molecule is O=C(OCc1ccccc1)/C(CCc1ccccc1[N+](=O)[O-])=N/O. The predicted octanol–water partition coefficient (Wildman–Crippen LogP) is 3.10. The maximum atomic E-state index is 11.9. The fourth-order valence-electron chi connectivity index (χ4n) is 2.15. The van der Waals surface area contributed by atoms with E-state index in [0.29, 0.717) is 5.56 Å². The average Bonchev–Trinajstić information content (AvgIpc) is 2.61. The van der Waals surface area contributed by atoms with Crippen molar-refractivity contribution in [3.8, 4) is 0 Å². The van der Waals surface area contributed by atoms with Gasteiger partial charge in [0.2, 0.25) is 0 Å². The van der Waals surface area contributed by atoms with Crippen LogP contribution in [0, 0.1) is 10.1 Å². The Morgan fingerprint density at radius 2 is 1.79 bits per heavy atom. The minimum atomic E-state index is -0.750. The third-order valence-corrected chi connectivity index (χ3v) is 3.39. The van der Waals surface area contributed by atoms with Crippen LogP contribution >= 0.6 is 0 Å². The van der Waals surface area contributed by atoms with Gasteiger partial charge in [0.05, 0.1) is 4.92 Å². The molecule has 7 nitrogen and oxygen atoms in total. The van der Waals surface area contributed by atoms with E-state index in [0.717, 1.165) is 5.56 Å². The summed E-state index contributed by atoms with van der Waals surface area (Å²) in [7, 11) is 0. The summed E-state index contributed by atoms with van der Waals surface area (Å²) in [4.78, 5) is 22.4. The molecule has 0 radical (unpaired) electrons. The lowest BCUT2D eigenvalue weighted by Crippen LogP contribution is -2.18. The molecule has 0 aliphatic heterocycles. The Labute approximate surface area is 138 Å². The van der Waals surface area contributed by atoms with Crippen molar-refractivity contribution < 1.29 is 19.7 Å². The summed E-state index contributed by atoms with van der Waals surface area (Å²) < 4.78 is 5.08. The topological polar surface area (TPSA) is 102 Å². The van der Waals surface area contributed by atoms with E-state index in [-0.39, 0.29) is 30.8 Å². The van der Waals surface area contributed by atoms with Gasteiger partial charge in [-0.3, -0.25) is 10.1 Å². The molecule has 0 unspecified atom stereocenters. The molecule has 0 aromatic heterocycles. The van der Waals surface area contributed by atoms with E-state index < -0.39 is 10.9 Å². The number of nitrogens with zero attached hydrogens (tertiary/aromatic N) is 2. The number of nitro groups is 1. The zero-order chi connectivity index (χ0) is 17.4.